The molecule has 0 spiro atoms. The molecule has 0 bridgehead atoms. The van der Waals surface area contributed by atoms with Crippen molar-refractivity contribution in [2.24, 2.45) is 0 Å². The van der Waals surface area contributed by atoms with Crippen molar-refractivity contribution in [3.05, 3.63) is 54.1 Å². The van der Waals surface area contributed by atoms with Crippen LogP contribution in [0.25, 0.3) is 0 Å². The maximum Gasteiger partial charge on any atom is 0.421 e. The topological polar surface area (TPSA) is 64.1 Å². The standard InChI is InChI=1S/C25H30F5N3O3S2/c1-23(34,25(28,29)30)18-6-8-19(9-7-18)33-15-14-32(38(35,36)22-5-3-2-4-21(22)37)17-20(33)16-31-12-10-24(26,27)11-13-31/h2-9,20,34,37H,10-17H2,1H3/t20-,23+/m0/s1. The van der Waals surface area contributed by atoms with Gasteiger partial charge < -0.3 is 14.9 Å². The van der Waals surface area contributed by atoms with Crippen LogP contribution < -0.4 is 4.90 Å². The van der Waals surface area contributed by atoms with Gasteiger partial charge in [0.1, 0.15) is 0 Å². The molecule has 210 valence electrons. The Morgan fingerprint density at radius 3 is 2.18 bits per heavy atom. The monoisotopic (exact) mass is 579 g/mol. The summed E-state index contributed by atoms with van der Waals surface area (Å²) in [5, 5.41) is 10.0. The lowest BCUT2D eigenvalue weighted by Gasteiger charge is -2.45. The Balaban J connectivity index is 1.60. The van der Waals surface area contributed by atoms with Crippen LogP contribution in [0.15, 0.2) is 58.3 Å². The van der Waals surface area contributed by atoms with Crippen molar-refractivity contribution < 1.29 is 35.5 Å². The predicted molar refractivity (Wildman–Crippen MR) is 136 cm³/mol. The molecule has 2 aromatic rings. The van der Waals surface area contributed by atoms with Gasteiger partial charge >= 0.3 is 6.18 Å². The summed E-state index contributed by atoms with van der Waals surface area (Å²) >= 11 is 4.29. The number of hydrogen-bond donors (Lipinski definition) is 2. The van der Waals surface area contributed by atoms with Gasteiger partial charge in [-0.1, -0.05) is 24.3 Å². The Morgan fingerprint density at radius 2 is 1.61 bits per heavy atom. The van der Waals surface area contributed by atoms with E-state index in [-0.39, 0.29) is 56.0 Å². The zero-order valence-electron chi connectivity index (χ0n) is 20.7. The molecule has 0 unspecified atom stereocenters. The van der Waals surface area contributed by atoms with Crippen LogP contribution in [-0.4, -0.2) is 80.1 Å². The van der Waals surface area contributed by atoms with Gasteiger partial charge in [-0.25, -0.2) is 17.2 Å². The Morgan fingerprint density at radius 1 is 1.00 bits per heavy atom. The van der Waals surface area contributed by atoms with Crippen molar-refractivity contribution >= 4 is 28.3 Å². The van der Waals surface area contributed by atoms with Crippen molar-refractivity contribution in [3.63, 3.8) is 0 Å². The first-order valence-electron chi connectivity index (χ1n) is 12.2. The third-order valence-electron chi connectivity index (χ3n) is 7.30. The number of sulfonamides is 1. The summed E-state index contributed by atoms with van der Waals surface area (Å²) in [4.78, 5) is 4.11. The van der Waals surface area contributed by atoms with Crippen LogP contribution in [0.4, 0.5) is 27.6 Å². The van der Waals surface area contributed by atoms with Gasteiger partial charge in [-0.05, 0) is 36.8 Å². The van der Waals surface area contributed by atoms with Crippen molar-refractivity contribution in [2.75, 3.05) is 44.2 Å². The highest BCUT2D eigenvalue weighted by Crippen LogP contribution is 2.39. The molecule has 38 heavy (non-hydrogen) atoms. The van der Waals surface area contributed by atoms with E-state index in [4.69, 9.17) is 0 Å². The molecular formula is C25H30F5N3O3S2. The zero-order chi connectivity index (χ0) is 27.9. The maximum absolute atomic E-state index is 13.7. The number of thiol groups is 1. The first-order chi connectivity index (χ1) is 17.6. The highest BCUT2D eigenvalue weighted by atomic mass is 32.2. The van der Waals surface area contributed by atoms with Crippen LogP contribution in [0.3, 0.4) is 0 Å². The molecule has 13 heteroatoms. The quantitative estimate of drug-likeness (QED) is 0.394. The smallest absolute Gasteiger partial charge is 0.376 e. The normalized spacial score (nSPS) is 23.3. The Hall–Kier alpha value is -1.93. The van der Waals surface area contributed by atoms with Gasteiger partial charge in [0.2, 0.25) is 10.0 Å². The van der Waals surface area contributed by atoms with Crippen LogP contribution in [0.2, 0.25) is 0 Å². The summed E-state index contributed by atoms with van der Waals surface area (Å²) in [5.41, 5.74) is -2.81. The van der Waals surface area contributed by atoms with Crippen LogP contribution in [0.1, 0.15) is 25.3 Å². The average molecular weight is 580 g/mol. The van der Waals surface area contributed by atoms with E-state index in [9.17, 15) is 35.5 Å². The van der Waals surface area contributed by atoms with E-state index in [0.29, 0.717) is 24.1 Å². The summed E-state index contributed by atoms with van der Waals surface area (Å²) in [6, 6.07) is 11.2. The van der Waals surface area contributed by atoms with E-state index < -0.39 is 33.8 Å². The average Bonchev–Trinajstić information content (AvgIpc) is 2.85. The Kier molecular flexibility index (Phi) is 8.08. The van der Waals surface area contributed by atoms with E-state index in [2.05, 4.69) is 12.6 Å². The minimum absolute atomic E-state index is 0.0549. The van der Waals surface area contributed by atoms with Gasteiger partial charge in [-0.3, -0.25) is 0 Å². The second kappa shape index (κ2) is 10.6. The lowest BCUT2D eigenvalue weighted by Crippen LogP contribution is -2.59. The fourth-order valence-corrected chi connectivity index (χ4v) is 6.92. The van der Waals surface area contributed by atoms with Gasteiger partial charge in [-0.2, -0.15) is 17.5 Å². The molecule has 6 nitrogen and oxygen atoms in total. The number of aliphatic hydroxyl groups is 1. The Labute approximate surface area is 224 Å². The number of hydrogen-bond acceptors (Lipinski definition) is 6. The molecule has 0 saturated carbocycles. The highest BCUT2D eigenvalue weighted by molar-refractivity contribution is 7.90. The summed E-state index contributed by atoms with van der Waals surface area (Å²) in [5.74, 6) is -2.74. The van der Waals surface area contributed by atoms with Gasteiger partial charge in [0.25, 0.3) is 5.92 Å². The lowest BCUT2D eigenvalue weighted by atomic mass is 9.95. The Bertz CT molecular complexity index is 1230. The van der Waals surface area contributed by atoms with Gasteiger partial charge in [0.15, 0.2) is 5.60 Å². The highest BCUT2D eigenvalue weighted by Gasteiger charge is 2.51. The van der Waals surface area contributed by atoms with Crippen molar-refractivity contribution in [3.8, 4) is 0 Å². The zero-order valence-corrected chi connectivity index (χ0v) is 22.4. The van der Waals surface area contributed by atoms with Crippen molar-refractivity contribution in [1.29, 1.82) is 0 Å². The van der Waals surface area contributed by atoms with E-state index >= 15 is 0 Å². The van der Waals surface area contributed by atoms with E-state index in [1.54, 1.807) is 18.2 Å². The predicted octanol–water partition coefficient (Wildman–Crippen LogP) is 4.36. The first-order valence-corrected chi connectivity index (χ1v) is 14.1. The number of nitrogens with zero attached hydrogens (tertiary/aromatic N) is 3. The molecule has 4 rings (SSSR count). The number of anilines is 1. The molecule has 2 fully saturated rings. The van der Waals surface area contributed by atoms with Crippen molar-refractivity contribution in [2.45, 2.75) is 53.3 Å². The van der Waals surface area contributed by atoms with Gasteiger partial charge in [0.05, 0.1) is 10.9 Å². The summed E-state index contributed by atoms with van der Waals surface area (Å²) in [6.45, 7) is 1.68. The van der Waals surface area contributed by atoms with Gasteiger partial charge in [0, 0.05) is 62.7 Å². The second-order valence-corrected chi connectivity index (χ2v) is 12.3. The molecule has 2 aliphatic rings. The number of alkyl halides is 5. The molecular weight excluding hydrogens is 549 g/mol. The molecule has 2 saturated heterocycles. The fraction of sp³-hybridized carbons (Fsp3) is 0.520. The van der Waals surface area contributed by atoms with E-state index in [1.165, 1.54) is 34.6 Å². The molecule has 0 aliphatic carbocycles. The number of halogens is 5. The van der Waals surface area contributed by atoms with E-state index in [0.717, 1.165) is 0 Å². The van der Waals surface area contributed by atoms with Crippen molar-refractivity contribution in [1.82, 2.24) is 9.21 Å². The SMILES string of the molecule is C[C@@](O)(c1ccc(N2CCN(S(=O)(=O)c3ccccc3S)C[C@@H]2CN2CCC(F)(F)CC2)cc1)C(F)(F)F. The molecule has 0 aromatic heterocycles. The molecule has 2 heterocycles. The first kappa shape index (κ1) is 29.1. The van der Waals surface area contributed by atoms with Crippen LogP contribution in [0, 0.1) is 0 Å². The van der Waals surface area contributed by atoms with Crippen LogP contribution >= 0.6 is 12.6 Å². The largest absolute Gasteiger partial charge is 0.421 e. The molecule has 1 N–H and O–H groups in total. The molecule has 2 atom stereocenters. The third kappa shape index (κ3) is 5.96. The fourth-order valence-electron chi connectivity index (χ4n) is 4.86. The lowest BCUT2D eigenvalue weighted by molar-refractivity contribution is -0.258. The number of rotatable bonds is 6. The third-order valence-corrected chi connectivity index (χ3v) is 9.76. The molecule has 0 amide bonds. The van der Waals surface area contributed by atoms with Crippen LogP contribution in [-0.2, 0) is 15.6 Å². The second-order valence-electron chi connectivity index (χ2n) is 9.95. The number of benzene rings is 2. The van der Waals surface area contributed by atoms with Crippen LogP contribution in [0.5, 0.6) is 0 Å². The number of likely N-dealkylation sites (tertiary alicyclic amines) is 1. The maximum atomic E-state index is 13.7. The summed E-state index contributed by atoms with van der Waals surface area (Å²) in [6.07, 6.45) is -5.46. The minimum atomic E-state index is -4.86. The molecule has 2 aromatic carbocycles. The molecule has 2 aliphatic heterocycles. The summed E-state index contributed by atoms with van der Waals surface area (Å²) < 4.78 is 95.5. The summed E-state index contributed by atoms with van der Waals surface area (Å²) in [7, 11) is -3.90. The van der Waals surface area contributed by atoms with E-state index in [1.807, 2.05) is 9.80 Å². The number of piperazine rings is 1. The van der Waals surface area contributed by atoms with Gasteiger partial charge in [-0.15, -0.1) is 12.6 Å². The number of piperidine rings is 1. The molecule has 0 radical (unpaired) electrons. The minimum Gasteiger partial charge on any atom is -0.376 e.